The van der Waals surface area contributed by atoms with Crippen LogP contribution in [0, 0.1) is 0 Å². The fraction of sp³-hybridized carbons (Fsp3) is 0.385. The molecule has 1 heterocycles. The maximum Gasteiger partial charge on any atom is 0.416 e. The van der Waals surface area contributed by atoms with Crippen LogP contribution in [-0.2, 0) is 27.0 Å². The van der Waals surface area contributed by atoms with Gasteiger partial charge in [-0.3, -0.25) is 4.79 Å². The van der Waals surface area contributed by atoms with E-state index < -0.39 is 29.2 Å². The Morgan fingerprint density at radius 3 is 2.12 bits per heavy atom. The van der Waals surface area contributed by atoms with Crippen LogP contribution in [0.25, 0.3) is 0 Å². The maximum atomic E-state index is 13.2. The molecule has 1 atom stereocenters. The van der Waals surface area contributed by atoms with Gasteiger partial charge < -0.3 is 14.4 Å². The topological polar surface area (TPSA) is 55.8 Å². The highest BCUT2D eigenvalue weighted by Crippen LogP contribution is 2.39. The van der Waals surface area contributed by atoms with Crippen molar-refractivity contribution in [3.05, 3.63) is 76.5 Å². The molecule has 0 fully saturated rings. The van der Waals surface area contributed by atoms with Crippen LogP contribution in [0.5, 0.6) is 5.75 Å². The number of allylic oxidation sites excluding steroid dienone is 1. The van der Waals surface area contributed by atoms with Gasteiger partial charge in [0.05, 0.1) is 24.8 Å². The second-order valence-electron chi connectivity index (χ2n) is 9.21. The van der Waals surface area contributed by atoms with Crippen molar-refractivity contribution in [2.24, 2.45) is 0 Å². The van der Waals surface area contributed by atoms with Gasteiger partial charge in [-0.25, -0.2) is 4.79 Å². The van der Waals surface area contributed by atoms with Crippen molar-refractivity contribution in [1.29, 1.82) is 0 Å². The van der Waals surface area contributed by atoms with Crippen molar-refractivity contribution in [2.45, 2.75) is 58.4 Å². The first kappa shape index (κ1) is 25.3. The Labute approximate surface area is 197 Å². The first-order chi connectivity index (χ1) is 15.8. The number of carbonyl (C=O) groups is 2. The molecule has 0 saturated carbocycles. The zero-order valence-electron chi connectivity index (χ0n) is 19.8. The van der Waals surface area contributed by atoms with E-state index in [4.69, 9.17) is 9.47 Å². The number of rotatable bonds is 5. The molecule has 0 spiro atoms. The molecular weight excluding hydrogens is 447 g/mol. The van der Waals surface area contributed by atoms with Crippen molar-refractivity contribution in [3.8, 4) is 5.75 Å². The highest BCUT2D eigenvalue weighted by atomic mass is 19.4. The number of hydrogen-bond acceptors (Lipinski definition) is 4. The van der Waals surface area contributed by atoms with Gasteiger partial charge in [0, 0.05) is 18.0 Å². The standard InChI is InChI=1S/C26H28F3NO4/c1-16-23(24(32)34-25(2,3)4)21(18-8-10-19(11-9-18)26(27,28)29)14-22(31)30(16)15-17-6-12-20(33-5)13-7-17/h6-13,21H,14-15H2,1-5H3. The van der Waals surface area contributed by atoms with E-state index in [-0.39, 0.29) is 24.4 Å². The normalized spacial score (nSPS) is 17.1. The summed E-state index contributed by atoms with van der Waals surface area (Å²) in [6.07, 6.45) is -4.54. The maximum absolute atomic E-state index is 13.2. The number of alkyl halides is 3. The van der Waals surface area contributed by atoms with Crippen molar-refractivity contribution >= 4 is 11.9 Å². The summed E-state index contributed by atoms with van der Waals surface area (Å²) in [4.78, 5) is 27.9. The fourth-order valence-corrected chi connectivity index (χ4v) is 3.90. The number of carbonyl (C=O) groups excluding carboxylic acids is 2. The van der Waals surface area contributed by atoms with E-state index in [1.165, 1.54) is 17.0 Å². The molecule has 3 rings (SSSR count). The number of nitrogens with zero attached hydrogens (tertiary/aromatic N) is 1. The van der Waals surface area contributed by atoms with Gasteiger partial charge >= 0.3 is 12.1 Å². The number of hydrogen-bond donors (Lipinski definition) is 0. The molecule has 182 valence electrons. The highest BCUT2D eigenvalue weighted by Gasteiger charge is 2.38. The fourth-order valence-electron chi connectivity index (χ4n) is 3.90. The molecule has 1 aliphatic rings. The van der Waals surface area contributed by atoms with Crippen LogP contribution < -0.4 is 4.74 Å². The van der Waals surface area contributed by atoms with Gasteiger partial charge in [-0.1, -0.05) is 24.3 Å². The molecule has 0 aromatic heterocycles. The molecule has 0 bridgehead atoms. The predicted octanol–water partition coefficient (Wildman–Crippen LogP) is 5.85. The molecule has 1 unspecified atom stereocenters. The first-order valence-corrected chi connectivity index (χ1v) is 10.8. The average Bonchev–Trinajstić information content (AvgIpc) is 2.75. The molecule has 5 nitrogen and oxygen atoms in total. The minimum Gasteiger partial charge on any atom is -0.497 e. The van der Waals surface area contributed by atoms with Crippen molar-refractivity contribution in [2.75, 3.05) is 7.11 Å². The van der Waals surface area contributed by atoms with E-state index in [0.717, 1.165) is 17.7 Å². The lowest BCUT2D eigenvalue weighted by Crippen LogP contribution is -2.39. The summed E-state index contributed by atoms with van der Waals surface area (Å²) in [6.45, 7) is 7.10. The van der Waals surface area contributed by atoms with Crippen LogP contribution in [0.2, 0.25) is 0 Å². The second-order valence-corrected chi connectivity index (χ2v) is 9.21. The Hall–Kier alpha value is -3.29. The number of ether oxygens (including phenoxy) is 2. The Morgan fingerprint density at radius 1 is 1.03 bits per heavy atom. The minimum atomic E-state index is -4.48. The van der Waals surface area contributed by atoms with Crippen molar-refractivity contribution in [3.63, 3.8) is 0 Å². The van der Waals surface area contributed by atoms with Crippen LogP contribution >= 0.6 is 0 Å². The summed E-state index contributed by atoms with van der Waals surface area (Å²) in [6, 6.07) is 11.8. The Bertz CT molecular complexity index is 1080. The van der Waals surface area contributed by atoms with Crippen molar-refractivity contribution in [1.82, 2.24) is 4.90 Å². The molecule has 34 heavy (non-hydrogen) atoms. The van der Waals surface area contributed by atoms with Crippen LogP contribution in [0.4, 0.5) is 13.2 Å². The second kappa shape index (κ2) is 9.52. The van der Waals surface area contributed by atoms with E-state index in [9.17, 15) is 22.8 Å². The van der Waals surface area contributed by atoms with Crippen molar-refractivity contribution < 1.29 is 32.2 Å². The Morgan fingerprint density at radius 2 is 1.62 bits per heavy atom. The first-order valence-electron chi connectivity index (χ1n) is 10.8. The summed E-state index contributed by atoms with van der Waals surface area (Å²) in [5.41, 5.74) is 0.404. The highest BCUT2D eigenvalue weighted by molar-refractivity contribution is 5.96. The lowest BCUT2D eigenvalue weighted by molar-refractivity contribution is -0.151. The van der Waals surface area contributed by atoms with Gasteiger partial charge in [-0.15, -0.1) is 0 Å². The molecule has 0 radical (unpaired) electrons. The molecule has 0 aliphatic carbocycles. The summed E-state index contributed by atoms with van der Waals surface area (Å²) in [7, 11) is 1.56. The average molecular weight is 476 g/mol. The number of esters is 1. The van der Waals surface area contributed by atoms with Crippen LogP contribution in [-0.4, -0.2) is 29.5 Å². The molecule has 0 saturated heterocycles. The van der Waals surface area contributed by atoms with E-state index in [1.54, 1.807) is 46.9 Å². The van der Waals surface area contributed by atoms with Gasteiger partial charge in [0.2, 0.25) is 5.91 Å². The SMILES string of the molecule is COc1ccc(CN2C(=O)CC(c3ccc(C(F)(F)F)cc3)C(C(=O)OC(C)(C)C)=C2C)cc1. The Kier molecular flexibility index (Phi) is 7.10. The van der Waals surface area contributed by atoms with Crippen LogP contribution in [0.15, 0.2) is 59.8 Å². The number of amides is 1. The largest absolute Gasteiger partial charge is 0.497 e. The third-order valence-electron chi connectivity index (χ3n) is 5.58. The van der Waals surface area contributed by atoms with Gasteiger partial charge in [-0.2, -0.15) is 13.2 Å². The zero-order chi connectivity index (χ0) is 25.3. The monoisotopic (exact) mass is 475 g/mol. The van der Waals surface area contributed by atoms with Gasteiger partial charge in [-0.05, 0) is 63.1 Å². The number of halogens is 3. The molecule has 2 aromatic carbocycles. The van der Waals surface area contributed by atoms with E-state index >= 15 is 0 Å². The molecule has 1 amide bonds. The number of methoxy groups -OCH3 is 1. The lowest BCUT2D eigenvalue weighted by Gasteiger charge is -2.35. The van der Waals surface area contributed by atoms with E-state index in [1.807, 2.05) is 12.1 Å². The molecule has 8 heteroatoms. The summed E-state index contributed by atoms with van der Waals surface area (Å²) in [5.74, 6) is -0.859. The van der Waals surface area contributed by atoms with Gasteiger partial charge in [0.25, 0.3) is 0 Å². The molecule has 2 aromatic rings. The molecule has 0 N–H and O–H groups in total. The lowest BCUT2D eigenvalue weighted by atomic mass is 9.83. The zero-order valence-corrected chi connectivity index (χ0v) is 19.8. The van der Waals surface area contributed by atoms with Crippen LogP contribution in [0.3, 0.4) is 0 Å². The predicted molar refractivity (Wildman–Crippen MR) is 121 cm³/mol. The number of benzene rings is 2. The summed E-state index contributed by atoms with van der Waals surface area (Å²) >= 11 is 0. The van der Waals surface area contributed by atoms with E-state index in [0.29, 0.717) is 17.0 Å². The Balaban J connectivity index is 2.02. The van der Waals surface area contributed by atoms with Gasteiger partial charge in [0.15, 0.2) is 0 Å². The van der Waals surface area contributed by atoms with E-state index in [2.05, 4.69) is 0 Å². The third kappa shape index (κ3) is 5.79. The molecular formula is C26H28F3NO4. The summed E-state index contributed by atoms with van der Waals surface area (Å²) in [5, 5.41) is 0. The molecule has 1 aliphatic heterocycles. The minimum absolute atomic E-state index is 0.0621. The smallest absolute Gasteiger partial charge is 0.416 e. The van der Waals surface area contributed by atoms with Gasteiger partial charge in [0.1, 0.15) is 11.4 Å². The third-order valence-corrected chi connectivity index (χ3v) is 5.58. The summed E-state index contributed by atoms with van der Waals surface area (Å²) < 4.78 is 49.9. The van der Waals surface area contributed by atoms with Crippen LogP contribution in [0.1, 0.15) is 56.7 Å². The quantitative estimate of drug-likeness (QED) is 0.510.